The van der Waals surface area contributed by atoms with Gasteiger partial charge in [-0.15, -0.1) is 0 Å². The summed E-state index contributed by atoms with van der Waals surface area (Å²) >= 11 is 0. The van der Waals surface area contributed by atoms with Crippen molar-refractivity contribution in [2.24, 2.45) is 10.7 Å². The Morgan fingerprint density at radius 2 is 2.31 bits per heavy atom. The lowest BCUT2D eigenvalue weighted by atomic mass is 10.2. The van der Waals surface area contributed by atoms with Gasteiger partial charge in [0.15, 0.2) is 0 Å². The Morgan fingerprint density at radius 3 is 2.85 bits per heavy atom. The fraction of sp³-hybridized carbons (Fsp3) is 0.625. The smallest absolute Gasteiger partial charge is 0.267 e. The maximum atomic E-state index is 11.2. The number of carbonyl (C=O) groups is 2. The second-order valence-electron chi connectivity index (χ2n) is 2.95. The lowest BCUT2D eigenvalue weighted by Crippen LogP contribution is -2.42. The van der Waals surface area contributed by atoms with Crippen molar-refractivity contribution in [2.45, 2.75) is 18.9 Å². The van der Waals surface area contributed by atoms with E-state index < -0.39 is 6.04 Å². The summed E-state index contributed by atoms with van der Waals surface area (Å²) in [4.78, 5) is 27.2. The molecule has 0 saturated carbocycles. The van der Waals surface area contributed by atoms with Gasteiger partial charge in [0.05, 0.1) is 6.54 Å². The van der Waals surface area contributed by atoms with Crippen LogP contribution in [0.3, 0.4) is 0 Å². The first-order chi connectivity index (χ1) is 6.20. The molecule has 5 nitrogen and oxygen atoms in total. The molecule has 72 valence electrons. The summed E-state index contributed by atoms with van der Waals surface area (Å²) in [5, 5.41) is 0. The van der Waals surface area contributed by atoms with Crippen LogP contribution in [0.5, 0.6) is 0 Å². The van der Waals surface area contributed by atoms with E-state index in [0.717, 1.165) is 6.42 Å². The van der Waals surface area contributed by atoms with Crippen LogP contribution < -0.4 is 5.73 Å². The van der Waals surface area contributed by atoms with Gasteiger partial charge in [-0.2, -0.15) is 0 Å². The SMILES string of the molecule is C=NC(=O)[C@@H]1CCCN1C(=O)CN. The van der Waals surface area contributed by atoms with Crippen LogP contribution in [0.1, 0.15) is 12.8 Å². The predicted octanol–water partition coefficient (Wildman–Crippen LogP) is -0.837. The number of likely N-dealkylation sites (tertiary alicyclic amines) is 1. The molecule has 5 heteroatoms. The number of carbonyl (C=O) groups excluding carboxylic acids is 2. The Bertz CT molecular complexity index is 240. The number of hydrogen-bond acceptors (Lipinski definition) is 3. The third-order valence-corrected chi connectivity index (χ3v) is 2.19. The summed E-state index contributed by atoms with van der Waals surface area (Å²) in [5.41, 5.74) is 5.21. The molecule has 0 radical (unpaired) electrons. The molecule has 0 bridgehead atoms. The molecule has 2 N–H and O–H groups in total. The highest BCUT2D eigenvalue weighted by molar-refractivity contribution is 5.91. The highest BCUT2D eigenvalue weighted by atomic mass is 16.2. The molecule has 1 rings (SSSR count). The van der Waals surface area contributed by atoms with Crippen LogP contribution in [0.2, 0.25) is 0 Å². The fourth-order valence-electron chi connectivity index (χ4n) is 1.54. The second kappa shape index (κ2) is 4.13. The van der Waals surface area contributed by atoms with Crippen LogP contribution in [0, 0.1) is 0 Å². The zero-order valence-electron chi connectivity index (χ0n) is 7.40. The van der Waals surface area contributed by atoms with Gasteiger partial charge in [-0.05, 0) is 19.6 Å². The molecule has 0 unspecified atom stereocenters. The molecular weight excluding hydrogens is 170 g/mol. The van der Waals surface area contributed by atoms with Gasteiger partial charge in [0.1, 0.15) is 6.04 Å². The monoisotopic (exact) mass is 183 g/mol. The van der Waals surface area contributed by atoms with Gasteiger partial charge in [0.25, 0.3) is 5.91 Å². The summed E-state index contributed by atoms with van der Waals surface area (Å²) in [6.45, 7) is 3.70. The Hall–Kier alpha value is -1.23. The topological polar surface area (TPSA) is 75.8 Å². The Kier molecular flexibility index (Phi) is 3.13. The van der Waals surface area contributed by atoms with E-state index in [9.17, 15) is 9.59 Å². The highest BCUT2D eigenvalue weighted by Gasteiger charge is 2.32. The number of aliphatic imine (C=N–C) groups is 1. The summed E-state index contributed by atoms with van der Waals surface area (Å²) < 4.78 is 0. The van der Waals surface area contributed by atoms with E-state index in [1.165, 1.54) is 4.90 Å². The third kappa shape index (κ3) is 1.92. The van der Waals surface area contributed by atoms with Crippen molar-refractivity contribution in [3.63, 3.8) is 0 Å². The number of rotatable bonds is 2. The number of nitrogens with two attached hydrogens (primary N) is 1. The Labute approximate surface area is 76.6 Å². The molecule has 0 aromatic rings. The summed E-state index contributed by atoms with van der Waals surface area (Å²) in [6, 6.07) is -0.423. The van der Waals surface area contributed by atoms with Crippen molar-refractivity contribution >= 4 is 18.5 Å². The van der Waals surface area contributed by atoms with Crippen LogP contribution in [0.4, 0.5) is 0 Å². The lowest BCUT2D eigenvalue weighted by molar-refractivity contribution is -0.136. The van der Waals surface area contributed by atoms with Crippen molar-refractivity contribution in [1.82, 2.24) is 4.90 Å². The predicted molar refractivity (Wildman–Crippen MR) is 48.3 cm³/mol. The van der Waals surface area contributed by atoms with E-state index in [-0.39, 0.29) is 18.4 Å². The molecule has 1 saturated heterocycles. The molecule has 1 fully saturated rings. The summed E-state index contributed by atoms with van der Waals surface area (Å²) in [5.74, 6) is -0.529. The van der Waals surface area contributed by atoms with E-state index in [4.69, 9.17) is 5.73 Å². The molecule has 0 aromatic carbocycles. The number of hydrogen-bond donors (Lipinski definition) is 1. The van der Waals surface area contributed by atoms with E-state index in [0.29, 0.717) is 13.0 Å². The highest BCUT2D eigenvalue weighted by Crippen LogP contribution is 2.17. The second-order valence-corrected chi connectivity index (χ2v) is 2.95. The van der Waals surface area contributed by atoms with Gasteiger partial charge >= 0.3 is 0 Å². The number of nitrogens with zero attached hydrogens (tertiary/aromatic N) is 2. The normalized spacial score (nSPS) is 21.6. The first-order valence-corrected chi connectivity index (χ1v) is 4.20. The average molecular weight is 183 g/mol. The van der Waals surface area contributed by atoms with E-state index in [2.05, 4.69) is 11.7 Å². The summed E-state index contributed by atoms with van der Waals surface area (Å²) in [7, 11) is 0. The molecule has 1 heterocycles. The van der Waals surface area contributed by atoms with Gasteiger partial charge in [-0.1, -0.05) is 0 Å². The maximum absolute atomic E-state index is 11.2. The van der Waals surface area contributed by atoms with E-state index in [1.54, 1.807) is 0 Å². The standard InChI is InChI=1S/C8H13N3O2/c1-10-8(13)6-3-2-4-11(6)7(12)5-9/h6H,1-5,9H2/t6-/m0/s1. The third-order valence-electron chi connectivity index (χ3n) is 2.19. The van der Waals surface area contributed by atoms with Gasteiger partial charge in [-0.3, -0.25) is 9.59 Å². The fourth-order valence-corrected chi connectivity index (χ4v) is 1.54. The van der Waals surface area contributed by atoms with Crippen LogP contribution in [0.25, 0.3) is 0 Å². The molecule has 1 aliphatic rings. The zero-order valence-corrected chi connectivity index (χ0v) is 7.40. The van der Waals surface area contributed by atoms with Crippen molar-refractivity contribution < 1.29 is 9.59 Å². The minimum Gasteiger partial charge on any atom is -0.329 e. The Balaban J connectivity index is 2.68. The van der Waals surface area contributed by atoms with Crippen molar-refractivity contribution in [3.05, 3.63) is 0 Å². The van der Waals surface area contributed by atoms with Crippen LogP contribution in [-0.4, -0.2) is 42.6 Å². The molecule has 1 atom stereocenters. The largest absolute Gasteiger partial charge is 0.329 e. The Morgan fingerprint density at radius 1 is 1.62 bits per heavy atom. The molecular formula is C8H13N3O2. The first kappa shape index (κ1) is 9.85. The molecule has 0 aliphatic carbocycles. The van der Waals surface area contributed by atoms with E-state index >= 15 is 0 Å². The van der Waals surface area contributed by atoms with Gasteiger partial charge in [0.2, 0.25) is 5.91 Å². The number of amides is 2. The van der Waals surface area contributed by atoms with Crippen LogP contribution in [-0.2, 0) is 9.59 Å². The molecule has 1 aliphatic heterocycles. The van der Waals surface area contributed by atoms with Crippen molar-refractivity contribution in [2.75, 3.05) is 13.1 Å². The average Bonchev–Trinajstić information content (AvgIpc) is 2.63. The molecule has 0 aromatic heterocycles. The van der Waals surface area contributed by atoms with Crippen molar-refractivity contribution in [3.8, 4) is 0 Å². The zero-order chi connectivity index (χ0) is 9.84. The van der Waals surface area contributed by atoms with Gasteiger partial charge < -0.3 is 10.6 Å². The van der Waals surface area contributed by atoms with Crippen molar-refractivity contribution in [1.29, 1.82) is 0 Å². The van der Waals surface area contributed by atoms with Crippen LogP contribution in [0.15, 0.2) is 4.99 Å². The molecule has 0 spiro atoms. The maximum Gasteiger partial charge on any atom is 0.267 e. The lowest BCUT2D eigenvalue weighted by Gasteiger charge is -2.20. The van der Waals surface area contributed by atoms with Gasteiger partial charge in [0, 0.05) is 6.54 Å². The van der Waals surface area contributed by atoms with E-state index in [1.807, 2.05) is 0 Å². The van der Waals surface area contributed by atoms with Crippen LogP contribution >= 0.6 is 0 Å². The van der Waals surface area contributed by atoms with Gasteiger partial charge in [-0.25, -0.2) is 4.99 Å². The molecule has 2 amide bonds. The minimum atomic E-state index is -0.423. The minimum absolute atomic E-state index is 0.0546. The first-order valence-electron chi connectivity index (χ1n) is 4.20. The molecule has 13 heavy (non-hydrogen) atoms. The quantitative estimate of drug-likeness (QED) is 0.567. The summed E-state index contributed by atoms with van der Waals surface area (Å²) in [6.07, 6.45) is 1.50.